The molecule has 0 aromatic carbocycles. The molecule has 0 radical (unpaired) electrons. The third-order valence-electron chi connectivity index (χ3n) is 15.0. The van der Waals surface area contributed by atoms with E-state index in [1.54, 1.807) is 0 Å². The Hall–Kier alpha value is -3.93. The second-order valence-corrected chi connectivity index (χ2v) is 23.0. The number of allylic oxidation sites excluding steroid dienone is 18. The lowest BCUT2D eigenvalue weighted by Crippen LogP contribution is -2.30. The Bertz CT molecular complexity index is 1640. The van der Waals surface area contributed by atoms with Gasteiger partial charge in [-0.15, -0.1) is 0 Å². The molecule has 1 atom stereocenters. The molecule has 0 saturated carbocycles. The summed E-state index contributed by atoms with van der Waals surface area (Å²) in [5.74, 6) is -0.895. The minimum absolute atomic E-state index is 0.0838. The van der Waals surface area contributed by atoms with Crippen LogP contribution in [0, 0.1) is 0 Å². The van der Waals surface area contributed by atoms with Crippen molar-refractivity contribution in [2.24, 2.45) is 0 Å². The van der Waals surface area contributed by atoms with Crippen LogP contribution < -0.4 is 0 Å². The van der Waals surface area contributed by atoms with Gasteiger partial charge in [0.15, 0.2) is 6.10 Å². The zero-order chi connectivity index (χ0) is 59.2. The molecule has 6 heteroatoms. The summed E-state index contributed by atoms with van der Waals surface area (Å²) in [4.78, 5) is 38.4. The molecule has 0 spiro atoms. The first kappa shape index (κ1) is 78.1. The maximum Gasteiger partial charge on any atom is 0.306 e. The average Bonchev–Trinajstić information content (AvgIpc) is 3.47. The van der Waals surface area contributed by atoms with Crippen LogP contribution in [-0.4, -0.2) is 37.2 Å². The van der Waals surface area contributed by atoms with E-state index < -0.39 is 6.10 Å². The van der Waals surface area contributed by atoms with Crippen molar-refractivity contribution in [1.82, 2.24) is 0 Å². The first-order valence-electron chi connectivity index (χ1n) is 34.9. The zero-order valence-corrected chi connectivity index (χ0v) is 54.0. The van der Waals surface area contributed by atoms with Crippen LogP contribution in [0.15, 0.2) is 109 Å². The minimum Gasteiger partial charge on any atom is -0.462 e. The zero-order valence-electron chi connectivity index (χ0n) is 54.0. The molecule has 0 aliphatic carbocycles. The molecule has 0 aromatic rings. The van der Waals surface area contributed by atoms with E-state index in [2.05, 4.69) is 130 Å². The van der Waals surface area contributed by atoms with Gasteiger partial charge in [0, 0.05) is 19.3 Å². The summed E-state index contributed by atoms with van der Waals surface area (Å²) in [6, 6.07) is 0. The number of carbonyl (C=O) groups is 3. The lowest BCUT2D eigenvalue weighted by atomic mass is 10.0. The highest BCUT2D eigenvalue weighted by molar-refractivity contribution is 5.71. The lowest BCUT2D eigenvalue weighted by molar-refractivity contribution is -0.167. The summed E-state index contributed by atoms with van der Waals surface area (Å²) >= 11 is 0. The molecule has 0 aliphatic rings. The molecule has 6 nitrogen and oxygen atoms in total. The van der Waals surface area contributed by atoms with Gasteiger partial charge in [-0.1, -0.05) is 304 Å². The molecular weight excluding hydrogens is 1010 g/mol. The molecule has 470 valence electrons. The number of carbonyl (C=O) groups excluding carboxylic acids is 3. The van der Waals surface area contributed by atoms with Crippen molar-refractivity contribution in [3.8, 4) is 0 Å². The van der Waals surface area contributed by atoms with Crippen molar-refractivity contribution in [1.29, 1.82) is 0 Å². The summed E-state index contributed by atoms with van der Waals surface area (Å²) in [6.45, 7) is 6.40. The second kappa shape index (κ2) is 69.6. The third kappa shape index (κ3) is 66.9. The quantitative estimate of drug-likeness (QED) is 0.0261. The monoisotopic (exact) mass is 1140 g/mol. The van der Waals surface area contributed by atoms with Crippen molar-refractivity contribution in [3.63, 3.8) is 0 Å². The number of hydrogen-bond acceptors (Lipinski definition) is 6. The van der Waals surface area contributed by atoms with Crippen LogP contribution in [0.2, 0.25) is 0 Å². The molecule has 0 fully saturated rings. The highest BCUT2D eigenvalue weighted by atomic mass is 16.6. The largest absolute Gasteiger partial charge is 0.462 e. The van der Waals surface area contributed by atoms with Crippen LogP contribution in [-0.2, 0) is 28.6 Å². The molecule has 1 unspecified atom stereocenters. The molecule has 0 N–H and O–H groups in total. The van der Waals surface area contributed by atoms with Crippen LogP contribution in [0.3, 0.4) is 0 Å². The fourth-order valence-corrected chi connectivity index (χ4v) is 9.83. The van der Waals surface area contributed by atoms with Crippen LogP contribution in [0.1, 0.15) is 335 Å². The van der Waals surface area contributed by atoms with Gasteiger partial charge in [-0.3, -0.25) is 14.4 Å². The van der Waals surface area contributed by atoms with E-state index in [-0.39, 0.29) is 31.1 Å². The van der Waals surface area contributed by atoms with E-state index in [0.717, 1.165) is 128 Å². The van der Waals surface area contributed by atoms with Gasteiger partial charge < -0.3 is 14.2 Å². The Morgan fingerprint density at radius 2 is 0.476 bits per heavy atom. The van der Waals surface area contributed by atoms with Crippen molar-refractivity contribution < 1.29 is 28.6 Å². The maximum absolute atomic E-state index is 12.9. The molecule has 0 aliphatic heterocycles. The average molecular weight is 1140 g/mol. The van der Waals surface area contributed by atoms with E-state index in [9.17, 15) is 14.4 Å². The third-order valence-corrected chi connectivity index (χ3v) is 15.0. The van der Waals surface area contributed by atoms with Gasteiger partial charge in [-0.25, -0.2) is 0 Å². The van der Waals surface area contributed by atoms with Crippen LogP contribution in [0.5, 0.6) is 0 Å². The fourth-order valence-electron chi connectivity index (χ4n) is 9.83. The number of ether oxygens (including phenoxy) is 3. The van der Waals surface area contributed by atoms with Crippen LogP contribution in [0.4, 0.5) is 0 Å². The molecule has 0 amide bonds. The lowest BCUT2D eigenvalue weighted by Gasteiger charge is -2.18. The molecule has 0 saturated heterocycles. The fraction of sp³-hybridized carbons (Fsp3) is 0.724. The summed E-state index contributed by atoms with van der Waals surface area (Å²) in [7, 11) is 0. The normalized spacial score (nSPS) is 12.8. The first-order valence-corrected chi connectivity index (χ1v) is 34.9. The molecule has 82 heavy (non-hydrogen) atoms. The van der Waals surface area contributed by atoms with Crippen molar-refractivity contribution in [3.05, 3.63) is 109 Å². The molecular formula is C76H130O6. The standard InChI is InChI=1S/C76H130O6/c1-4-7-10-13-16-19-22-25-27-29-31-32-33-34-35-36-37-38-39-40-41-42-43-44-46-47-49-51-54-57-60-63-66-69-75(78)81-72-73(71-80-74(77)68-65-62-59-56-53-24-21-18-15-12-9-6-3)82-76(79)70-67-64-61-58-55-52-50-48-45-30-28-26-23-20-17-14-11-8-5-2/h7-8,10-11,16-21,25-28,31-32,45,48,73H,4-6,9,12-15,22-24,29-30,33-44,46-47,49-72H2,1-3H3/b10-7-,11-8-,19-16-,20-17-,21-18-,27-25-,28-26-,32-31-,48-45-. The molecule has 0 rings (SSSR count). The topological polar surface area (TPSA) is 78.9 Å². The van der Waals surface area contributed by atoms with Crippen LogP contribution in [0.25, 0.3) is 0 Å². The number of rotatable bonds is 63. The number of hydrogen-bond donors (Lipinski definition) is 0. The van der Waals surface area contributed by atoms with E-state index in [4.69, 9.17) is 14.2 Å². The Kier molecular flexibility index (Phi) is 66.2. The molecule has 0 bridgehead atoms. The Balaban J connectivity index is 4.17. The van der Waals surface area contributed by atoms with Gasteiger partial charge in [-0.2, -0.15) is 0 Å². The first-order chi connectivity index (χ1) is 40.5. The summed E-state index contributed by atoms with van der Waals surface area (Å²) in [6.07, 6.45) is 95.5. The van der Waals surface area contributed by atoms with E-state index in [1.165, 1.54) is 167 Å². The predicted octanol–water partition coefficient (Wildman–Crippen LogP) is 24.2. The SMILES string of the molecule is CC/C=C\C/C=C\C/C=C\C/C=C\CCCCCCCCCCCCCCCCCCCCCCC(=O)OCC(COC(=O)CCCCCCC/C=C\CCCCC)OC(=O)CCCCCCCC/C=C\C/C=C\C/C=C\C/C=C\CC. The van der Waals surface area contributed by atoms with Gasteiger partial charge in [0.25, 0.3) is 0 Å². The van der Waals surface area contributed by atoms with Crippen molar-refractivity contribution >= 4 is 17.9 Å². The van der Waals surface area contributed by atoms with Gasteiger partial charge in [-0.05, 0) is 122 Å². The van der Waals surface area contributed by atoms with E-state index >= 15 is 0 Å². The highest BCUT2D eigenvalue weighted by Crippen LogP contribution is 2.17. The highest BCUT2D eigenvalue weighted by Gasteiger charge is 2.19. The predicted molar refractivity (Wildman–Crippen MR) is 357 cm³/mol. The Morgan fingerprint density at radius 3 is 0.756 bits per heavy atom. The van der Waals surface area contributed by atoms with Gasteiger partial charge >= 0.3 is 17.9 Å². The van der Waals surface area contributed by atoms with Crippen molar-refractivity contribution in [2.75, 3.05) is 13.2 Å². The minimum atomic E-state index is -0.789. The van der Waals surface area contributed by atoms with E-state index in [1.807, 2.05) is 0 Å². The molecule has 0 heterocycles. The summed E-state index contributed by atoms with van der Waals surface area (Å²) in [5, 5.41) is 0. The van der Waals surface area contributed by atoms with Crippen LogP contribution >= 0.6 is 0 Å². The second-order valence-electron chi connectivity index (χ2n) is 23.0. The number of esters is 3. The Labute approximate surface area is 508 Å². The van der Waals surface area contributed by atoms with Crippen molar-refractivity contribution in [2.45, 2.75) is 341 Å². The molecule has 0 aromatic heterocycles. The Morgan fingerprint density at radius 1 is 0.256 bits per heavy atom. The smallest absolute Gasteiger partial charge is 0.306 e. The van der Waals surface area contributed by atoms with Gasteiger partial charge in [0.05, 0.1) is 0 Å². The summed E-state index contributed by atoms with van der Waals surface area (Å²) in [5.41, 5.74) is 0. The van der Waals surface area contributed by atoms with Gasteiger partial charge in [0.2, 0.25) is 0 Å². The number of unbranched alkanes of at least 4 members (excludes halogenated alkanes) is 34. The van der Waals surface area contributed by atoms with Gasteiger partial charge in [0.1, 0.15) is 13.2 Å². The summed E-state index contributed by atoms with van der Waals surface area (Å²) < 4.78 is 16.9. The maximum atomic E-state index is 12.9. The van der Waals surface area contributed by atoms with E-state index in [0.29, 0.717) is 19.3 Å².